The van der Waals surface area contributed by atoms with Crippen molar-refractivity contribution >= 4 is 23.6 Å². The minimum atomic E-state index is -1.01. The van der Waals surface area contributed by atoms with E-state index < -0.39 is 6.10 Å². The molecule has 2 heterocycles. The van der Waals surface area contributed by atoms with E-state index in [2.05, 4.69) is 31.2 Å². The Balaban J connectivity index is 1.65. The monoisotopic (exact) mass is 458 g/mol. The molecule has 0 aliphatic carbocycles. The Kier molecular flexibility index (Phi) is 9.37. The van der Waals surface area contributed by atoms with E-state index in [1.165, 1.54) is 18.3 Å². The second kappa shape index (κ2) is 12.7. The van der Waals surface area contributed by atoms with E-state index in [1.54, 1.807) is 12.1 Å². The first-order valence-corrected chi connectivity index (χ1v) is 11.4. The largest absolute Gasteiger partial charge is 0.383 e. The van der Waals surface area contributed by atoms with Crippen LogP contribution in [-0.4, -0.2) is 52.6 Å². The molecule has 0 radical (unpaired) electrons. The maximum atomic E-state index is 13.1. The van der Waals surface area contributed by atoms with E-state index >= 15 is 0 Å². The highest BCUT2D eigenvalue weighted by molar-refractivity contribution is 5.98. The molecule has 5 N–H and O–H groups in total. The molecule has 2 amide bonds. The van der Waals surface area contributed by atoms with Gasteiger partial charge in [-0.25, -0.2) is 9.37 Å². The predicted molar refractivity (Wildman–Crippen MR) is 123 cm³/mol. The second-order valence-electron chi connectivity index (χ2n) is 7.98. The highest BCUT2D eigenvalue weighted by atomic mass is 19.1. The SMILES string of the molecule is O=C(NCc1ccc(F)cc1)c1cnc2nc1NCCCCC(O)C(=O)NCCCCCN2. The topological polar surface area (TPSA) is 128 Å². The van der Waals surface area contributed by atoms with Gasteiger partial charge in [-0.15, -0.1) is 0 Å². The number of carbonyl (C=O) groups excluding carboxylic acids is 2. The molecule has 10 heteroatoms. The van der Waals surface area contributed by atoms with Gasteiger partial charge in [-0.1, -0.05) is 12.1 Å². The summed E-state index contributed by atoms with van der Waals surface area (Å²) < 4.78 is 13.1. The maximum absolute atomic E-state index is 13.1. The highest BCUT2D eigenvalue weighted by Crippen LogP contribution is 2.16. The van der Waals surface area contributed by atoms with Crippen molar-refractivity contribution in [3.05, 3.63) is 47.4 Å². The molecule has 1 aromatic carbocycles. The molecule has 178 valence electrons. The van der Waals surface area contributed by atoms with Gasteiger partial charge in [-0.2, -0.15) is 4.98 Å². The van der Waals surface area contributed by atoms with Crippen LogP contribution in [0, 0.1) is 5.82 Å². The van der Waals surface area contributed by atoms with E-state index in [4.69, 9.17) is 0 Å². The Labute approximate surface area is 192 Å². The fraction of sp³-hybridized carbons (Fsp3) is 0.478. The van der Waals surface area contributed by atoms with Gasteiger partial charge in [-0.05, 0) is 56.2 Å². The minimum absolute atomic E-state index is 0.249. The van der Waals surface area contributed by atoms with Gasteiger partial charge < -0.3 is 26.4 Å². The molecule has 0 saturated heterocycles. The molecule has 2 aromatic rings. The molecule has 1 aliphatic rings. The summed E-state index contributed by atoms with van der Waals surface area (Å²) in [4.78, 5) is 33.4. The molecule has 0 fully saturated rings. The minimum Gasteiger partial charge on any atom is -0.383 e. The van der Waals surface area contributed by atoms with E-state index in [-0.39, 0.29) is 24.2 Å². The molecule has 1 aliphatic heterocycles. The lowest BCUT2D eigenvalue weighted by Gasteiger charge is -2.13. The molecule has 3 rings (SSSR count). The zero-order valence-electron chi connectivity index (χ0n) is 18.6. The summed E-state index contributed by atoms with van der Waals surface area (Å²) in [6.45, 7) is 1.97. The standard InChI is InChI=1S/C23H31FN6O3/c24-17-9-7-16(8-10-17)14-28-21(32)18-15-29-23-27-13-4-1-3-12-26-22(33)19(31)6-2-5-11-25-20(18)30-23/h7-10,15,19,31H,1-6,11-14H2,(H,26,33)(H,28,32)(H2,25,27,29,30). The molecular weight excluding hydrogens is 427 g/mol. The number of rotatable bonds is 3. The van der Waals surface area contributed by atoms with Gasteiger partial charge in [-0.3, -0.25) is 9.59 Å². The van der Waals surface area contributed by atoms with Crippen LogP contribution in [0.25, 0.3) is 0 Å². The van der Waals surface area contributed by atoms with Crippen LogP contribution in [0.2, 0.25) is 0 Å². The number of hydrogen-bond donors (Lipinski definition) is 5. The summed E-state index contributed by atoms with van der Waals surface area (Å²) in [5, 5.41) is 21.9. The average molecular weight is 459 g/mol. The quantitative estimate of drug-likeness (QED) is 0.477. The van der Waals surface area contributed by atoms with Crippen molar-refractivity contribution in [1.82, 2.24) is 20.6 Å². The van der Waals surface area contributed by atoms with E-state index in [0.717, 1.165) is 24.8 Å². The van der Waals surface area contributed by atoms with Crippen molar-refractivity contribution in [3.63, 3.8) is 0 Å². The normalized spacial score (nSPS) is 18.2. The Bertz CT molecular complexity index is 925. The number of nitrogens with one attached hydrogen (secondary N) is 4. The molecule has 2 bridgehead atoms. The Hall–Kier alpha value is -3.27. The molecule has 0 spiro atoms. The van der Waals surface area contributed by atoms with E-state index in [0.29, 0.717) is 56.2 Å². The van der Waals surface area contributed by atoms with Crippen molar-refractivity contribution in [1.29, 1.82) is 0 Å². The molecule has 1 unspecified atom stereocenters. The number of benzene rings is 1. The Morgan fingerprint density at radius 1 is 1.03 bits per heavy atom. The summed E-state index contributed by atoms with van der Waals surface area (Å²) in [6, 6.07) is 5.92. The predicted octanol–water partition coefficient (Wildman–Crippen LogP) is 2.20. The number of aliphatic hydroxyl groups is 1. The molecule has 1 aromatic heterocycles. The lowest BCUT2D eigenvalue weighted by Crippen LogP contribution is -2.35. The molecule has 9 nitrogen and oxygen atoms in total. The number of fused-ring (bicyclic) bond motifs is 2. The van der Waals surface area contributed by atoms with Crippen LogP contribution in [0.3, 0.4) is 0 Å². The third-order valence-electron chi connectivity index (χ3n) is 5.34. The van der Waals surface area contributed by atoms with Gasteiger partial charge in [0.2, 0.25) is 11.9 Å². The van der Waals surface area contributed by atoms with Crippen LogP contribution < -0.4 is 21.3 Å². The fourth-order valence-corrected chi connectivity index (χ4v) is 3.40. The number of hydrogen-bond acceptors (Lipinski definition) is 7. The van der Waals surface area contributed by atoms with Crippen molar-refractivity contribution in [2.45, 2.75) is 51.2 Å². The van der Waals surface area contributed by atoms with Crippen molar-refractivity contribution < 1.29 is 19.1 Å². The van der Waals surface area contributed by atoms with Gasteiger partial charge in [0, 0.05) is 32.4 Å². The van der Waals surface area contributed by atoms with Gasteiger partial charge in [0.1, 0.15) is 23.3 Å². The number of nitrogens with zero attached hydrogens (tertiary/aromatic N) is 2. The summed E-state index contributed by atoms with van der Waals surface area (Å²) >= 11 is 0. The summed E-state index contributed by atoms with van der Waals surface area (Å²) in [5.41, 5.74) is 1.08. The van der Waals surface area contributed by atoms with Crippen LogP contribution >= 0.6 is 0 Å². The summed E-state index contributed by atoms with van der Waals surface area (Å²) in [6.07, 6.45) is 4.76. The maximum Gasteiger partial charge on any atom is 0.256 e. The third kappa shape index (κ3) is 7.98. The number of aliphatic hydroxyl groups excluding tert-OH is 1. The van der Waals surface area contributed by atoms with Crippen LogP contribution in [0.5, 0.6) is 0 Å². The first kappa shape index (κ1) is 24.4. The van der Waals surface area contributed by atoms with E-state index in [1.807, 2.05) is 0 Å². The zero-order valence-corrected chi connectivity index (χ0v) is 18.6. The molecule has 0 saturated carbocycles. The Morgan fingerprint density at radius 3 is 2.52 bits per heavy atom. The smallest absolute Gasteiger partial charge is 0.256 e. The van der Waals surface area contributed by atoms with Crippen molar-refractivity contribution in [2.75, 3.05) is 30.3 Å². The van der Waals surface area contributed by atoms with Gasteiger partial charge >= 0.3 is 0 Å². The summed E-state index contributed by atoms with van der Waals surface area (Å²) in [7, 11) is 0. The lowest BCUT2D eigenvalue weighted by molar-refractivity contribution is -0.129. The lowest BCUT2D eigenvalue weighted by atomic mass is 10.1. The second-order valence-corrected chi connectivity index (χ2v) is 7.98. The zero-order chi connectivity index (χ0) is 23.5. The summed E-state index contributed by atoms with van der Waals surface area (Å²) in [5.74, 6) is -0.162. The van der Waals surface area contributed by atoms with Gasteiger partial charge in [0.25, 0.3) is 5.91 Å². The van der Waals surface area contributed by atoms with E-state index in [9.17, 15) is 19.1 Å². The van der Waals surface area contributed by atoms with Crippen LogP contribution in [-0.2, 0) is 11.3 Å². The van der Waals surface area contributed by atoms with Crippen LogP contribution in [0.15, 0.2) is 30.5 Å². The van der Waals surface area contributed by atoms with Crippen LogP contribution in [0.4, 0.5) is 16.2 Å². The number of anilines is 2. The first-order chi connectivity index (χ1) is 16.0. The van der Waals surface area contributed by atoms with Crippen molar-refractivity contribution in [3.8, 4) is 0 Å². The van der Waals surface area contributed by atoms with Gasteiger partial charge in [0.15, 0.2) is 0 Å². The average Bonchev–Trinajstić information content (AvgIpc) is 2.82. The number of amides is 2. The fourth-order valence-electron chi connectivity index (χ4n) is 3.40. The first-order valence-electron chi connectivity index (χ1n) is 11.4. The highest BCUT2D eigenvalue weighted by Gasteiger charge is 2.16. The van der Waals surface area contributed by atoms with Crippen LogP contribution in [0.1, 0.15) is 54.4 Å². The Morgan fingerprint density at radius 2 is 1.73 bits per heavy atom. The molecular formula is C23H31FN6O3. The van der Waals surface area contributed by atoms with Gasteiger partial charge in [0.05, 0.1) is 0 Å². The molecule has 33 heavy (non-hydrogen) atoms. The number of carbonyl (C=O) groups is 2. The molecule has 1 atom stereocenters. The number of aromatic nitrogens is 2. The van der Waals surface area contributed by atoms with Crippen molar-refractivity contribution in [2.24, 2.45) is 0 Å². The number of halogens is 1. The third-order valence-corrected chi connectivity index (χ3v) is 5.34.